The van der Waals surface area contributed by atoms with E-state index in [0.29, 0.717) is 32.1 Å². The molecule has 3 aromatic rings. The zero-order chi connectivity index (χ0) is 21.0. The van der Waals surface area contributed by atoms with Gasteiger partial charge in [0.05, 0.1) is 23.3 Å². The first-order valence-electron chi connectivity index (χ1n) is 9.74. The molecule has 1 fully saturated rings. The van der Waals surface area contributed by atoms with Gasteiger partial charge in [0.2, 0.25) is 16.0 Å². The summed E-state index contributed by atoms with van der Waals surface area (Å²) in [6.07, 6.45) is 6.90. The molecule has 0 aromatic carbocycles. The lowest BCUT2D eigenvalue weighted by Gasteiger charge is -2.34. The summed E-state index contributed by atoms with van der Waals surface area (Å²) in [4.78, 5) is 19.5. The smallest absolute Gasteiger partial charge is 0.227 e. The minimum absolute atomic E-state index is 0.135. The first-order valence-corrected chi connectivity index (χ1v) is 11.4. The SMILES string of the molecule is CCS(=O)(=O)N1CCN(c2ccc(Nc3nccc(-c4cccnc4)n3)cn2)CC1. The zero-order valence-electron chi connectivity index (χ0n) is 16.6. The lowest BCUT2D eigenvalue weighted by Crippen LogP contribution is -2.49. The molecular formula is C20H23N7O2S. The number of hydrogen-bond acceptors (Lipinski definition) is 8. The van der Waals surface area contributed by atoms with Gasteiger partial charge in [-0.15, -0.1) is 0 Å². The number of aromatic nitrogens is 4. The van der Waals surface area contributed by atoms with Gasteiger partial charge < -0.3 is 10.2 Å². The molecule has 0 saturated carbocycles. The average Bonchev–Trinajstić information content (AvgIpc) is 2.80. The second-order valence-electron chi connectivity index (χ2n) is 6.82. The van der Waals surface area contributed by atoms with Gasteiger partial charge in [-0.25, -0.2) is 23.4 Å². The van der Waals surface area contributed by atoms with E-state index in [-0.39, 0.29) is 5.75 Å². The van der Waals surface area contributed by atoms with Crippen LogP contribution in [0, 0.1) is 0 Å². The van der Waals surface area contributed by atoms with E-state index in [9.17, 15) is 8.42 Å². The molecular weight excluding hydrogens is 402 g/mol. The van der Waals surface area contributed by atoms with E-state index in [1.165, 1.54) is 0 Å². The molecule has 0 bridgehead atoms. The minimum atomic E-state index is -3.13. The molecule has 10 heteroatoms. The lowest BCUT2D eigenvalue weighted by atomic mass is 10.2. The van der Waals surface area contributed by atoms with Crippen LogP contribution in [-0.4, -0.2) is 64.6 Å². The maximum Gasteiger partial charge on any atom is 0.227 e. The molecule has 0 atom stereocenters. The van der Waals surface area contributed by atoms with Gasteiger partial charge in [0, 0.05) is 50.3 Å². The van der Waals surface area contributed by atoms with E-state index in [2.05, 4.69) is 30.2 Å². The van der Waals surface area contributed by atoms with E-state index in [4.69, 9.17) is 0 Å². The molecule has 4 heterocycles. The number of sulfonamides is 1. The van der Waals surface area contributed by atoms with Crippen molar-refractivity contribution in [2.45, 2.75) is 6.92 Å². The molecule has 1 aliphatic rings. The van der Waals surface area contributed by atoms with Crippen molar-refractivity contribution in [2.24, 2.45) is 0 Å². The fourth-order valence-electron chi connectivity index (χ4n) is 3.25. The van der Waals surface area contributed by atoms with Crippen LogP contribution >= 0.6 is 0 Å². The summed E-state index contributed by atoms with van der Waals surface area (Å²) in [5.74, 6) is 1.43. The Labute approximate surface area is 175 Å². The third kappa shape index (κ3) is 4.55. The maximum atomic E-state index is 12.0. The average molecular weight is 426 g/mol. The summed E-state index contributed by atoms with van der Waals surface area (Å²) in [5, 5.41) is 3.17. The Morgan fingerprint density at radius 3 is 2.50 bits per heavy atom. The van der Waals surface area contributed by atoms with Gasteiger partial charge in [0.25, 0.3) is 0 Å². The fourth-order valence-corrected chi connectivity index (χ4v) is 4.33. The van der Waals surface area contributed by atoms with Crippen molar-refractivity contribution < 1.29 is 8.42 Å². The highest BCUT2D eigenvalue weighted by Crippen LogP contribution is 2.21. The summed E-state index contributed by atoms with van der Waals surface area (Å²) in [5.41, 5.74) is 2.47. The van der Waals surface area contributed by atoms with E-state index in [1.807, 2.05) is 30.3 Å². The molecule has 1 aliphatic heterocycles. The van der Waals surface area contributed by atoms with E-state index < -0.39 is 10.0 Å². The van der Waals surface area contributed by atoms with E-state index in [0.717, 1.165) is 22.8 Å². The maximum absolute atomic E-state index is 12.0. The van der Waals surface area contributed by atoms with Crippen LogP contribution in [0.15, 0.2) is 55.1 Å². The highest BCUT2D eigenvalue weighted by molar-refractivity contribution is 7.89. The zero-order valence-corrected chi connectivity index (χ0v) is 17.5. The summed E-state index contributed by atoms with van der Waals surface area (Å²) in [6.45, 7) is 3.87. The van der Waals surface area contributed by atoms with Crippen LogP contribution < -0.4 is 10.2 Å². The summed E-state index contributed by atoms with van der Waals surface area (Å²) < 4.78 is 25.5. The normalized spacial score (nSPS) is 15.2. The van der Waals surface area contributed by atoms with Crippen LogP contribution in [0.25, 0.3) is 11.3 Å². The lowest BCUT2D eigenvalue weighted by molar-refractivity contribution is 0.384. The summed E-state index contributed by atoms with van der Waals surface area (Å²) >= 11 is 0. The van der Waals surface area contributed by atoms with Gasteiger partial charge in [0.15, 0.2) is 0 Å². The predicted octanol–water partition coefficient (Wildman–Crippen LogP) is 2.15. The molecule has 0 unspecified atom stereocenters. The number of nitrogens with one attached hydrogen (secondary N) is 1. The summed E-state index contributed by atoms with van der Waals surface area (Å²) in [7, 11) is -3.13. The molecule has 0 amide bonds. The molecule has 30 heavy (non-hydrogen) atoms. The molecule has 0 radical (unpaired) electrons. The third-order valence-corrected chi connectivity index (χ3v) is 6.82. The van der Waals surface area contributed by atoms with E-state index >= 15 is 0 Å². The third-order valence-electron chi connectivity index (χ3n) is 4.94. The standard InChI is InChI=1S/C20H23N7O2S/c1-2-30(28,29)27-12-10-26(11-13-27)19-6-5-17(15-23-19)24-20-22-9-7-18(25-20)16-4-3-8-21-14-16/h3-9,14-15H,2,10-13H2,1H3,(H,22,24,25). The second kappa shape index (κ2) is 8.72. The molecule has 1 saturated heterocycles. The first-order chi connectivity index (χ1) is 14.5. The number of piperazine rings is 1. The van der Waals surface area contributed by atoms with Gasteiger partial charge in [-0.3, -0.25) is 4.98 Å². The monoisotopic (exact) mass is 425 g/mol. The highest BCUT2D eigenvalue weighted by Gasteiger charge is 2.25. The van der Waals surface area contributed by atoms with Gasteiger partial charge in [-0.1, -0.05) is 0 Å². The molecule has 156 valence electrons. The van der Waals surface area contributed by atoms with Crippen LogP contribution in [0.1, 0.15) is 6.92 Å². The highest BCUT2D eigenvalue weighted by atomic mass is 32.2. The van der Waals surface area contributed by atoms with Crippen molar-refractivity contribution in [1.82, 2.24) is 24.2 Å². The number of pyridine rings is 2. The fraction of sp³-hybridized carbons (Fsp3) is 0.300. The Hall–Kier alpha value is -3.11. The van der Waals surface area contributed by atoms with Crippen molar-refractivity contribution in [3.8, 4) is 11.3 Å². The van der Waals surface area contributed by atoms with Crippen LogP contribution in [0.4, 0.5) is 17.5 Å². The van der Waals surface area contributed by atoms with Crippen LogP contribution in [0.3, 0.4) is 0 Å². The van der Waals surface area contributed by atoms with Crippen LogP contribution in [0.5, 0.6) is 0 Å². The van der Waals surface area contributed by atoms with E-state index in [1.54, 1.807) is 36.0 Å². The Balaban J connectivity index is 1.40. The van der Waals surface area contributed by atoms with Crippen molar-refractivity contribution in [3.05, 3.63) is 55.1 Å². The number of nitrogens with zero attached hydrogens (tertiary/aromatic N) is 6. The second-order valence-corrected chi connectivity index (χ2v) is 9.08. The Morgan fingerprint density at radius 1 is 1.00 bits per heavy atom. The Kier molecular flexibility index (Phi) is 5.86. The van der Waals surface area contributed by atoms with Crippen molar-refractivity contribution >= 4 is 27.5 Å². The predicted molar refractivity (Wildman–Crippen MR) is 116 cm³/mol. The number of hydrogen-bond donors (Lipinski definition) is 1. The van der Waals surface area contributed by atoms with Gasteiger partial charge in [0.1, 0.15) is 5.82 Å². The quantitative estimate of drug-likeness (QED) is 0.641. The molecule has 0 aliphatic carbocycles. The summed E-state index contributed by atoms with van der Waals surface area (Å²) in [6, 6.07) is 9.47. The minimum Gasteiger partial charge on any atom is -0.354 e. The van der Waals surface area contributed by atoms with Crippen molar-refractivity contribution in [3.63, 3.8) is 0 Å². The molecule has 4 rings (SSSR count). The number of anilines is 3. The van der Waals surface area contributed by atoms with Crippen molar-refractivity contribution in [1.29, 1.82) is 0 Å². The first kappa shape index (κ1) is 20.2. The van der Waals surface area contributed by atoms with Crippen LogP contribution in [0.2, 0.25) is 0 Å². The largest absolute Gasteiger partial charge is 0.354 e. The van der Waals surface area contributed by atoms with Crippen molar-refractivity contribution in [2.75, 3.05) is 42.1 Å². The Bertz CT molecular complexity index is 1080. The molecule has 0 spiro atoms. The molecule has 9 nitrogen and oxygen atoms in total. The van der Waals surface area contributed by atoms with Gasteiger partial charge in [-0.2, -0.15) is 4.31 Å². The molecule has 1 N–H and O–H groups in total. The topological polar surface area (TPSA) is 104 Å². The van der Waals surface area contributed by atoms with Gasteiger partial charge >= 0.3 is 0 Å². The Morgan fingerprint density at radius 2 is 1.83 bits per heavy atom. The number of rotatable bonds is 6. The van der Waals surface area contributed by atoms with Gasteiger partial charge in [-0.05, 0) is 37.3 Å². The van der Waals surface area contributed by atoms with Crippen LogP contribution in [-0.2, 0) is 10.0 Å². The molecule has 3 aromatic heterocycles.